The molecule has 0 aliphatic carbocycles. The van der Waals surface area contributed by atoms with E-state index in [0.717, 1.165) is 11.1 Å². The first-order valence-corrected chi connectivity index (χ1v) is 4.81. The zero-order valence-corrected chi connectivity index (χ0v) is 8.28. The molecule has 0 aliphatic heterocycles. The van der Waals surface area contributed by atoms with E-state index >= 15 is 0 Å². The van der Waals surface area contributed by atoms with Gasteiger partial charge in [0.2, 0.25) is 0 Å². The highest BCUT2D eigenvalue weighted by Crippen LogP contribution is 2.28. The summed E-state index contributed by atoms with van der Waals surface area (Å²) < 4.78 is 12.8. The monoisotopic (exact) mass is 201 g/mol. The number of benzene rings is 2. The summed E-state index contributed by atoms with van der Waals surface area (Å²) in [6, 6.07) is 14.9. The van der Waals surface area contributed by atoms with Crippen molar-refractivity contribution in [1.29, 1.82) is 0 Å². The number of alkyl halides is 1. The van der Waals surface area contributed by atoms with Crippen molar-refractivity contribution < 1.29 is 4.39 Å². The first-order valence-electron chi connectivity index (χ1n) is 4.81. The molecule has 2 N–H and O–H groups in total. The van der Waals surface area contributed by atoms with Crippen LogP contribution in [0.2, 0.25) is 0 Å². The van der Waals surface area contributed by atoms with E-state index in [-0.39, 0.29) is 0 Å². The molecule has 0 unspecified atom stereocenters. The van der Waals surface area contributed by atoms with Crippen LogP contribution in [0.15, 0.2) is 48.5 Å². The van der Waals surface area contributed by atoms with Gasteiger partial charge in [0.1, 0.15) is 6.67 Å². The third kappa shape index (κ3) is 1.84. The van der Waals surface area contributed by atoms with Gasteiger partial charge in [-0.2, -0.15) is 0 Å². The van der Waals surface area contributed by atoms with E-state index in [0.29, 0.717) is 11.3 Å². The highest BCUT2D eigenvalue weighted by Gasteiger charge is 2.06. The molecule has 0 heterocycles. The van der Waals surface area contributed by atoms with E-state index in [4.69, 9.17) is 5.73 Å². The van der Waals surface area contributed by atoms with Crippen molar-refractivity contribution in [3.63, 3.8) is 0 Å². The third-order valence-corrected chi connectivity index (χ3v) is 2.41. The molecule has 0 aromatic heterocycles. The predicted molar refractivity (Wildman–Crippen MR) is 61.1 cm³/mol. The molecular formula is C13H12FN. The molecule has 0 amide bonds. The molecule has 2 aromatic carbocycles. The fourth-order valence-corrected chi connectivity index (χ4v) is 1.64. The Bertz CT molecular complexity index is 466. The third-order valence-electron chi connectivity index (χ3n) is 2.41. The maximum absolute atomic E-state index is 12.8. The van der Waals surface area contributed by atoms with E-state index in [1.165, 1.54) is 0 Å². The van der Waals surface area contributed by atoms with Gasteiger partial charge >= 0.3 is 0 Å². The highest BCUT2D eigenvalue weighted by atomic mass is 19.1. The Morgan fingerprint density at radius 1 is 0.867 bits per heavy atom. The normalized spacial score (nSPS) is 10.2. The molecule has 0 saturated carbocycles. The van der Waals surface area contributed by atoms with Crippen molar-refractivity contribution >= 4 is 5.69 Å². The van der Waals surface area contributed by atoms with Crippen molar-refractivity contribution in [3.8, 4) is 11.1 Å². The Balaban J connectivity index is 2.59. The van der Waals surface area contributed by atoms with Crippen LogP contribution in [-0.2, 0) is 6.67 Å². The van der Waals surface area contributed by atoms with Gasteiger partial charge in [-0.3, -0.25) is 0 Å². The van der Waals surface area contributed by atoms with Gasteiger partial charge < -0.3 is 5.73 Å². The molecule has 0 spiro atoms. The zero-order valence-electron chi connectivity index (χ0n) is 8.28. The van der Waals surface area contributed by atoms with E-state index < -0.39 is 6.67 Å². The first-order chi connectivity index (χ1) is 7.33. The summed E-state index contributed by atoms with van der Waals surface area (Å²) in [5, 5.41) is 0. The van der Waals surface area contributed by atoms with E-state index in [1.807, 2.05) is 42.5 Å². The van der Waals surface area contributed by atoms with Gasteiger partial charge in [0.05, 0.1) is 0 Å². The van der Waals surface area contributed by atoms with Gasteiger partial charge in [-0.05, 0) is 17.2 Å². The summed E-state index contributed by atoms with van der Waals surface area (Å²) in [7, 11) is 0. The minimum Gasteiger partial charge on any atom is -0.398 e. The fourth-order valence-electron chi connectivity index (χ4n) is 1.64. The number of rotatable bonds is 2. The van der Waals surface area contributed by atoms with Crippen LogP contribution >= 0.6 is 0 Å². The van der Waals surface area contributed by atoms with Crippen LogP contribution in [0, 0.1) is 0 Å². The van der Waals surface area contributed by atoms with Crippen molar-refractivity contribution in [2.45, 2.75) is 6.67 Å². The lowest BCUT2D eigenvalue weighted by Crippen LogP contribution is -1.92. The standard InChI is InChI=1S/C13H12FN/c14-9-10-5-1-2-6-11(10)12-7-3-4-8-13(12)15/h1-8H,9,15H2. The summed E-state index contributed by atoms with van der Waals surface area (Å²) in [5.41, 5.74) is 8.98. The minimum absolute atomic E-state index is 0.468. The summed E-state index contributed by atoms with van der Waals surface area (Å²) >= 11 is 0. The SMILES string of the molecule is Nc1ccccc1-c1ccccc1CF. The van der Waals surface area contributed by atoms with Gasteiger partial charge in [-0.1, -0.05) is 42.5 Å². The predicted octanol–water partition coefficient (Wildman–Crippen LogP) is 3.41. The van der Waals surface area contributed by atoms with Crippen molar-refractivity contribution in [1.82, 2.24) is 0 Å². The Kier molecular flexibility index (Phi) is 2.68. The lowest BCUT2D eigenvalue weighted by Gasteiger charge is -2.08. The molecular weight excluding hydrogens is 189 g/mol. The quantitative estimate of drug-likeness (QED) is 0.740. The number of halogens is 1. The molecule has 76 valence electrons. The van der Waals surface area contributed by atoms with Crippen LogP contribution in [0.5, 0.6) is 0 Å². The van der Waals surface area contributed by atoms with Crippen LogP contribution in [-0.4, -0.2) is 0 Å². The Morgan fingerprint density at radius 2 is 1.47 bits per heavy atom. The first kappa shape index (κ1) is 9.71. The Labute approximate surface area is 88.4 Å². The maximum Gasteiger partial charge on any atom is 0.115 e. The molecule has 0 radical (unpaired) electrons. The van der Waals surface area contributed by atoms with Gasteiger partial charge in [0.15, 0.2) is 0 Å². The van der Waals surface area contributed by atoms with Crippen molar-refractivity contribution in [2.75, 3.05) is 5.73 Å². The Hall–Kier alpha value is -1.83. The molecule has 0 saturated heterocycles. The number of hydrogen-bond donors (Lipinski definition) is 1. The topological polar surface area (TPSA) is 26.0 Å². The van der Waals surface area contributed by atoms with Crippen molar-refractivity contribution in [3.05, 3.63) is 54.1 Å². The highest BCUT2D eigenvalue weighted by molar-refractivity contribution is 5.78. The van der Waals surface area contributed by atoms with Gasteiger partial charge in [0.25, 0.3) is 0 Å². The summed E-state index contributed by atoms with van der Waals surface area (Å²) in [6.07, 6.45) is 0. The van der Waals surface area contributed by atoms with Gasteiger partial charge in [0, 0.05) is 11.3 Å². The van der Waals surface area contributed by atoms with Crippen LogP contribution in [0.25, 0.3) is 11.1 Å². The maximum atomic E-state index is 12.8. The second-order valence-corrected chi connectivity index (χ2v) is 3.38. The van der Waals surface area contributed by atoms with Crippen LogP contribution in [0.1, 0.15) is 5.56 Å². The molecule has 0 bridgehead atoms. The smallest absolute Gasteiger partial charge is 0.115 e. The lowest BCUT2D eigenvalue weighted by atomic mass is 9.99. The molecule has 0 fully saturated rings. The largest absolute Gasteiger partial charge is 0.398 e. The molecule has 2 aromatic rings. The average molecular weight is 201 g/mol. The number of anilines is 1. The molecule has 15 heavy (non-hydrogen) atoms. The van der Waals surface area contributed by atoms with Gasteiger partial charge in [-0.25, -0.2) is 4.39 Å². The second kappa shape index (κ2) is 4.13. The Morgan fingerprint density at radius 3 is 2.13 bits per heavy atom. The molecule has 0 aliphatic rings. The number of nitrogens with two attached hydrogens (primary N) is 1. The second-order valence-electron chi connectivity index (χ2n) is 3.38. The fraction of sp³-hybridized carbons (Fsp3) is 0.0769. The van der Waals surface area contributed by atoms with Crippen molar-refractivity contribution in [2.24, 2.45) is 0 Å². The van der Waals surface area contributed by atoms with Crippen LogP contribution < -0.4 is 5.73 Å². The van der Waals surface area contributed by atoms with E-state index in [2.05, 4.69) is 0 Å². The number of hydrogen-bond acceptors (Lipinski definition) is 1. The summed E-state index contributed by atoms with van der Waals surface area (Å²) in [6.45, 7) is -0.468. The average Bonchev–Trinajstić information content (AvgIpc) is 2.30. The number of para-hydroxylation sites is 1. The molecule has 2 heteroatoms. The minimum atomic E-state index is -0.468. The van der Waals surface area contributed by atoms with Gasteiger partial charge in [-0.15, -0.1) is 0 Å². The van der Waals surface area contributed by atoms with Crippen LogP contribution in [0.3, 0.4) is 0 Å². The zero-order chi connectivity index (χ0) is 10.7. The van der Waals surface area contributed by atoms with E-state index in [9.17, 15) is 4.39 Å². The molecule has 2 rings (SSSR count). The summed E-state index contributed by atoms with van der Waals surface area (Å²) in [4.78, 5) is 0. The van der Waals surface area contributed by atoms with Crippen LogP contribution in [0.4, 0.5) is 10.1 Å². The molecule has 0 atom stereocenters. The summed E-state index contributed by atoms with van der Waals surface area (Å²) in [5.74, 6) is 0. The lowest BCUT2D eigenvalue weighted by molar-refractivity contribution is 0.486. The molecule has 1 nitrogen and oxygen atoms in total. The van der Waals surface area contributed by atoms with E-state index in [1.54, 1.807) is 6.07 Å². The number of nitrogen functional groups attached to an aromatic ring is 1.